The van der Waals surface area contributed by atoms with Gasteiger partial charge >= 0.3 is 5.97 Å². The highest BCUT2D eigenvalue weighted by Gasteiger charge is 2.22. The molecule has 1 heterocycles. The van der Waals surface area contributed by atoms with E-state index in [4.69, 9.17) is 21.7 Å². The molecule has 0 aliphatic carbocycles. The van der Waals surface area contributed by atoms with Gasteiger partial charge in [-0.15, -0.1) is 0 Å². The summed E-state index contributed by atoms with van der Waals surface area (Å²) in [6.45, 7) is 7.58. The van der Waals surface area contributed by atoms with E-state index < -0.39 is 5.97 Å². The van der Waals surface area contributed by atoms with Gasteiger partial charge in [-0.2, -0.15) is 0 Å². The standard InChI is InChI=1S/C13H18ClN3O2/c1-5-19-13(18)10-9(6-15)12(16-7(2)3)17-8(4)11(10)14/h6-7,15H,5H2,1-4H3,(H,16,17). The summed E-state index contributed by atoms with van der Waals surface area (Å²) >= 11 is 6.12. The first-order valence-electron chi connectivity index (χ1n) is 6.06. The molecule has 0 atom stereocenters. The SMILES string of the molecule is CCOC(=O)c1c(Cl)c(C)nc(NC(C)C)c1C=N. The Labute approximate surface area is 117 Å². The fraction of sp³-hybridized carbons (Fsp3) is 0.462. The second-order valence-electron chi connectivity index (χ2n) is 4.31. The molecule has 6 heteroatoms. The minimum atomic E-state index is -0.539. The summed E-state index contributed by atoms with van der Waals surface area (Å²) in [4.78, 5) is 16.3. The van der Waals surface area contributed by atoms with Crippen LogP contribution in [0.5, 0.6) is 0 Å². The lowest BCUT2D eigenvalue weighted by molar-refractivity contribution is 0.0526. The number of aromatic nitrogens is 1. The molecule has 2 N–H and O–H groups in total. The largest absolute Gasteiger partial charge is 0.462 e. The van der Waals surface area contributed by atoms with Crippen LogP contribution in [0.1, 0.15) is 42.4 Å². The van der Waals surface area contributed by atoms with Gasteiger partial charge in [0.05, 0.1) is 28.5 Å². The number of hydrogen-bond acceptors (Lipinski definition) is 5. The third-order valence-electron chi connectivity index (χ3n) is 2.39. The Morgan fingerprint density at radius 1 is 1.58 bits per heavy atom. The van der Waals surface area contributed by atoms with Gasteiger partial charge in [0, 0.05) is 12.3 Å². The van der Waals surface area contributed by atoms with Crippen LogP contribution in [0.15, 0.2) is 0 Å². The van der Waals surface area contributed by atoms with E-state index >= 15 is 0 Å². The van der Waals surface area contributed by atoms with Crippen LogP contribution in [-0.2, 0) is 4.74 Å². The third-order valence-corrected chi connectivity index (χ3v) is 2.85. The number of rotatable bonds is 5. The highest BCUT2D eigenvalue weighted by Crippen LogP contribution is 2.28. The van der Waals surface area contributed by atoms with Crippen molar-refractivity contribution in [2.75, 3.05) is 11.9 Å². The molecule has 0 spiro atoms. The summed E-state index contributed by atoms with van der Waals surface area (Å²) in [7, 11) is 0. The first kappa shape index (κ1) is 15.4. The zero-order chi connectivity index (χ0) is 14.6. The van der Waals surface area contributed by atoms with E-state index in [1.807, 2.05) is 13.8 Å². The lowest BCUT2D eigenvalue weighted by Crippen LogP contribution is -2.18. The van der Waals surface area contributed by atoms with Crippen molar-refractivity contribution in [3.63, 3.8) is 0 Å². The Morgan fingerprint density at radius 3 is 2.68 bits per heavy atom. The van der Waals surface area contributed by atoms with E-state index in [2.05, 4.69) is 10.3 Å². The highest BCUT2D eigenvalue weighted by atomic mass is 35.5. The predicted molar refractivity (Wildman–Crippen MR) is 76.6 cm³/mol. The summed E-state index contributed by atoms with van der Waals surface area (Å²) in [6, 6.07) is 0.127. The number of ether oxygens (including phenoxy) is 1. The molecule has 0 aliphatic rings. The van der Waals surface area contributed by atoms with Crippen LogP contribution in [0, 0.1) is 12.3 Å². The number of nitrogens with one attached hydrogen (secondary N) is 2. The molecule has 1 rings (SSSR count). The number of carbonyl (C=O) groups is 1. The number of hydrogen-bond donors (Lipinski definition) is 2. The van der Waals surface area contributed by atoms with Crippen molar-refractivity contribution in [3.05, 3.63) is 21.8 Å². The van der Waals surface area contributed by atoms with Gasteiger partial charge < -0.3 is 15.5 Å². The summed E-state index contributed by atoms with van der Waals surface area (Å²) in [5.74, 6) is -0.0711. The number of nitrogens with zero attached hydrogens (tertiary/aromatic N) is 1. The molecule has 19 heavy (non-hydrogen) atoms. The second-order valence-corrected chi connectivity index (χ2v) is 4.69. The number of esters is 1. The van der Waals surface area contributed by atoms with Crippen molar-refractivity contribution < 1.29 is 9.53 Å². The van der Waals surface area contributed by atoms with E-state index in [-0.39, 0.29) is 23.2 Å². The molecule has 0 saturated heterocycles. The zero-order valence-corrected chi connectivity index (χ0v) is 12.3. The van der Waals surface area contributed by atoms with Crippen molar-refractivity contribution in [2.45, 2.75) is 33.7 Å². The maximum absolute atomic E-state index is 12.0. The summed E-state index contributed by atoms with van der Waals surface area (Å²) in [5, 5.41) is 10.8. The van der Waals surface area contributed by atoms with Crippen molar-refractivity contribution in [3.8, 4) is 0 Å². The lowest BCUT2D eigenvalue weighted by atomic mass is 10.1. The van der Waals surface area contributed by atoms with Crippen LogP contribution in [0.25, 0.3) is 0 Å². The lowest BCUT2D eigenvalue weighted by Gasteiger charge is -2.16. The summed E-state index contributed by atoms with van der Waals surface area (Å²) in [5.41, 5.74) is 1.07. The molecule has 1 aromatic rings. The molecule has 0 aliphatic heterocycles. The van der Waals surface area contributed by atoms with Crippen molar-refractivity contribution >= 4 is 29.6 Å². The molecule has 0 unspecified atom stereocenters. The zero-order valence-electron chi connectivity index (χ0n) is 11.5. The number of aryl methyl sites for hydroxylation is 1. The van der Waals surface area contributed by atoms with Crippen molar-refractivity contribution in [2.24, 2.45) is 0 Å². The van der Waals surface area contributed by atoms with Gasteiger partial charge in [-0.1, -0.05) is 11.6 Å². The summed E-state index contributed by atoms with van der Waals surface area (Å²) in [6.07, 6.45) is 1.06. The van der Waals surface area contributed by atoms with E-state index in [9.17, 15) is 4.79 Å². The van der Waals surface area contributed by atoms with E-state index in [1.54, 1.807) is 13.8 Å². The predicted octanol–water partition coefficient (Wildman–Crippen LogP) is 3.04. The van der Waals surface area contributed by atoms with Crippen LogP contribution in [-0.4, -0.2) is 29.8 Å². The monoisotopic (exact) mass is 283 g/mol. The van der Waals surface area contributed by atoms with Crippen LogP contribution >= 0.6 is 11.6 Å². The number of halogens is 1. The smallest absolute Gasteiger partial charge is 0.340 e. The maximum Gasteiger partial charge on any atom is 0.340 e. The van der Waals surface area contributed by atoms with Crippen LogP contribution in [0.4, 0.5) is 5.82 Å². The Balaban J connectivity index is 3.45. The highest BCUT2D eigenvalue weighted by molar-refractivity contribution is 6.35. The molecular formula is C13H18ClN3O2. The van der Waals surface area contributed by atoms with Gasteiger partial charge in [0.1, 0.15) is 5.82 Å². The van der Waals surface area contributed by atoms with E-state index in [1.165, 1.54) is 0 Å². The normalized spacial score (nSPS) is 10.4. The minimum absolute atomic E-state index is 0.127. The molecule has 0 aromatic carbocycles. The topological polar surface area (TPSA) is 75.1 Å². The first-order valence-corrected chi connectivity index (χ1v) is 6.44. The van der Waals surface area contributed by atoms with Gasteiger partial charge in [0.2, 0.25) is 0 Å². The van der Waals surface area contributed by atoms with Gasteiger partial charge in [-0.3, -0.25) is 0 Å². The van der Waals surface area contributed by atoms with Crippen LogP contribution in [0.2, 0.25) is 5.02 Å². The number of anilines is 1. The average molecular weight is 284 g/mol. The molecule has 0 bridgehead atoms. The molecular weight excluding hydrogens is 266 g/mol. The Bertz CT molecular complexity index is 501. The Morgan fingerprint density at radius 2 is 2.21 bits per heavy atom. The molecule has 0 radical (unpaired) electrons. The molecule has 0 saturated carbocycles. The Hall–Kier alpha value is -1.62. The minimum Gasteiger partial charge on any atom is -0.462 e. The fourth-order valence-corrected chi connectivity index (χ4v) is 1.84. The van der Waals surface area contributed by atoms with Gasteiger partial charge in [0.15, 0.2) is 0 Å². The third kappa shape index (κ3) is 3.44. The molecule has 1 aromatic heterocycles. The molecule has 5 nitrogen and oxygen atoms in total. The quantitative estimate of drug-likeness (QED) is 0.643. The van der Waals surface area contributed by atoms with E-state index in [0.29, 0.717) is 17.1 Å². The molecule has 0 fully saturated rings. The van der Waals surface area contributed by atoms with Gasteiger partial charge in [-0.25, -0.2) is 9.78 Å². The van der Waals surface area contributed by atoms with Crippen molar-refractivity contribution in [1.82, 2.24) is 4.98 Å². The fourth-order valence-electron chi connectivity index (χ4n) is 1.62. The Kier molecular flexibility index (Phi) is 5.30. The number of carbonyl (C=O) groups excluding carboxylic acids is 1. The van der Waals surface area contributed by atoms with Crippen LogP contribution in [0.3, 0.4) is 0 Å². The van der Waals surface area contributed by atoms with E-state index in [0.717, 1.165) is 6.21 Å². The van der Waals surface area contributed by atoms with Gasteiger partial charge in [-0.05, 0) is 27.7 Å². The second kappa shape index (κ2) is 6.52. The van der Waals surface area contributed by atoms with Crippen LogP contribution < -0.4 is 5.32 Å². The van der Waals surface area contributed by atoms with Gasteiger partial charge in [0.25, 0.3) is 0 Å². The first-order chi connectivity index (χ1) is 8.92. The number of pyridine rings is 1. The maximum atomic E-state index is 12.0. The van der Waals surface area contributed by atoms with Crippen molar-refractivity contribution in [1.29, 1.82) is 5.41 Å². The molecule has 0 amide bonds. The average Bonchev–Trinajstić information content (AvgIpc) is 2.32. The molecule has 104 valence electrons. The summed E-state index contributed by atoms with van der Waals surface area (Å²) < 4.78 is 4.98.